The quantitative estimate of drug-likeness (QED) is 0.369. The standard InChI is InChI=1S/C28H26ClN3O4S/c1-19-18-21(27(33)32-16-13-28(34,14-17-32)22-8-2-3-9-23(22)29)11-12-24(19)31-37(35,36)25-10-4-6-20-7-5-15-30-26(20)25/h2-12,15,18,31,34H,13-14,16-17H2,1H3. The van der Waals surface area contributed by atoms with Crippen LogP contribution < -0.4 is 4.72 Å². The third-order valence-corrected chi connectivity index (χ3v) is 8.58. The summed E-state index contributed by atoms with van der Waals surface area (Å²) in [6.07, 6.45) is 2.31. The lowest BCUT2D eigenvalue weighted by Crippen LogP contribution is -2.45. The molecule has 1 aliphatic heterocycles. The molecule has 7 nitrogen and oxygen atoms in total. The number of carbonyl (C=O) groups excluding carboxylic acids is 1. The van der Waals surface area contributed by atoms with E-state index >= 15 is 0 Å². The Bertz CT molecular complexity index is 1590. The predicted octanol–water partition coefficient (Wildman–Crippen LogP) is 5.12. The zero-order valence-corrected chi connectivity index (χ0v) is 21.8. The highest BCUT2D eigenvalue weighted by atomic mass is 35.5. The molecule has 9 heteroatoms. The molecule has 0 radical (unpaired) electrons. The lowest BCUT2D eigenvalue weighted by molar-refractivity contribution is -0.0210. The molecule has 1 aromatic heterocycles. The first-order valence-electron chi connectivity index (χ1n) is 11.9. The Morgan fingerprint density at radius 3 is 2.49 bits per heavy atom. The van der Waals surface area contributed by atoms with Crippen LogP contribution in [-0.2, 0) is 15.6 Å². The second kappa shape index (κ2) is 9.78. The second-order valence-electron chi connectivity index (χ2n) is 9.27. The van der Waals surface area contributed by atoms with E-state index in [1.54, 1.807) is 54.4 Å². The number of hydrogen-bond acceptors (Lipinski definition) is 5. The maximum Gasteiger partial charge on any atom is 0.264 e. The molecule has 1 amide bonds. The van der Waals surface area contributed by atoms with Crippen molar-refractivity contribution >= 4 is 44.1 Å². The first-order valence-corrected chi connectivity index (χ1v) is 13.8. The molecule has 0 bridgehead atoms. The van der Waals surface area contributed by atoms with Crippen molar-refractivity contribution in [3.05, 3.63) is 101 Å². The van der Waals surface area contributed by atoms with Crippen molar-refractivity contribution in [2.75, 3.05) is 17.8 Å². The molecular formula is C28H26ClN3O4S. The van der Waals surface area contributed by atoms with E-state index in [4.69, 9.17) is 11.6 Å². The van der Waals surface area contributed by atoms with Crippen molar-refractivity contribution in [3.63, 3.8) is 0 Å². The van der Waals surface area contributed by atoms with Crippen LogP contribution in [0.1, 0.15) is 34.3 Å². The smallest absolute Gasteiger partial charge is 0.264 e. The van der Waals surface area contributed by atoms with Crippen molar-refractivity contribution in [1.29, 1.82) is 0 Å². The molecule has 2 N–H and O–H groups in total. The summed E-state index contributed by atoms with van der Waals surface area (Å²) in [6, 6.07) is 20.7. The zero-order valence-electron chi connectivity index (χ0n) is 20.2. The zero-order chi connectivity index (χ0) is 26.2. The summed E-state index contributed by atoms with van der Waals surface area (Å²) in [5.41, 5.74) is 1.45. The molecule has 1 saturated heterocycles. The number of aromatic nitrogens is 1. The van der Waals surface area contributed by atoms with Gasteiger partial charge in [0.1, 0.15) is 4.90 Å². The summed E-state index contributed by atoms with van der Waals surface area (Å²) in [5.74, 6) is -0.169. The normalized spacial score (nSPS) is 15.5. The van der Waals surface area contributed by atoms with E-state index in [2.05, 4.69) is 9.71 Å². The molecule has 4 aromatic rings. The van der Waals surface area contributed by atoms with Gasteiger partial charge in [-0.05, 0) is 61.7 Å². The Balaban J connectivity index is 1.31. The Labute approximate surface area is 220 Å². The minimum absolute atomic E-state index is 0.0875. The van der Waals surface area contributed by atoms with Gasteiger partial charge in [0.25, 0.3) is 15.9 Å². The van der Waals surface area contributed by atoms with Gasteiger partial charge in [-0.2, -0.15) is 0 Å². The largest absolute Gasteiger partial charge is 0.385 e. The van der Waals surface area contributed by atoms with Gasteiger partial charge in [0.2, 0.25) is 0 Å². The minimum atomic E-state index is -3.91. The van der Waals surface area contributed by atoms with Crippen molar-refractivity contribution in [2.24, 2.45) is 0 Å². The Hall–Kier alpha value is -3.46. The molecule has 2 heterocycles. The number of aliphatic hydroxyl groups is 1. The number of piperidine rings is 1. The number of benzene rings is 3. The number of carbonyl (C=O) groups is 1. The number of fused-ring (bicyclic) bond motifs is 1. The number of halogens is 1. The Morgan fingerprint density at radius 1 is 1.03 bits per heavy atom. The Kier molecular flexibility index (Phi) is 6.66. The number of amides is 1. The number of likely N-dealkylation sites (tertiary alicyclic amines) is 1. The van der Waals surface area contributed by atoms with E-state index in [9.17, 15) is 18.3 Å². The van der Waals surface area contributed by atoms with Gasteiger partial charge >= 0.3 is 0 Å². The number of anilines is 1. The van der Waals surface area contributed by atoms with Crippen molar-refractivity contribution in [1.82, 2.24) is 9.88 Å². The Morgan fingerprint density at radius 2 is 1.76 bits per heavy atom. The highest BCUT2D eigenvalue weighted by Gasteiger charge is 2.37. The third kappa shape index (κ3) is 4.92. The van der Waals surface area contributed by atoms with E-state index in [0.29, 0.717) is 58.8 Å². The van der Waals surface area contributed by atoms with Gasteiger partial charge < -0.3 is 10.0 Å². The van der Waals surface area contributed by atoms with Crippen LogP contribution in [0.4, 0.5) is 5.69 Å². The van der Waals surface area contributed by atoms with Gasteiger partial charge in [-0.25, -0.2) is 8.42 Å². The highest BCUT2D eigenvalue weighted by molar-refractivity contribution is 7.93. The number of nitrogens with one attached hydrogen (secondary N) is 1. The fourth-order valence-electron chi connectivity index (χ4n) is 4.77. The van der Waals surface area contributed by atoms with Crippen LogP contribution in [0.15, 0.2) is 83.9 Å². The number of sulfonamides is 1. The fraction of sp³-hybridized carbons (Fsp3) is 0.214. The first-order chi connectivity index (χ1) is 17.7. The summed E-state index contributed by atoms with van der Waals surface area (Å²) in [6.45, 7) is 2.51. The minimum Gasteiger partial charge on any atom is -0.385 e. The van der Waals surface area contributed by atoms with Gasteiger partial charge in [-0.1, -0.05) is 48.0 Å². The van der Waals surface area contributed by atoms with E-state index in [1.165, 1.54) is 6.07 Å². The maximum absolute atomic E-state index is 13.2. The average Bonchev–Trinajstić information content (AvgIpc) is 2.89. The lowest BCUT2D eigenvalue weighted by Gasteiger charge is -2.39. The monoisotopic (exact) mass is 535 g/mol. The first kappa shape index (κ1) is 25.2. The summed E-state index contributed by atoms with van der Waals surface area (Å²) >= 11 is 6.30. The number of hydrogen-bond donors (Lipinski definition) is 2. The average molecular weight is 536 g/mol. The number of pyridine rings is 1. The van der Waals surface area contributed by atoms with Gasteiger partial charge in [0.05, 0.1) is 16.8 Å². The fourth-order valence-corrected chi connectivity index (χ4v) is 6.40. The van der Waals surface area contributed by atoms with Gasteiger partial charge in [-0.15, -0.1) is 0 Å². The second-order valence-corrected chi connectivity index (χ2v) is 11.3. The number of aryl methyl sites for hydroxylation is 1. The number of rotatable bonds is 5. The van der Waals surface area contributed by atoms with Crippen LogP contribution in [0.2, 0.25) is 5.02 Å². The van der Waals surface area contributed by atoms with Gasteiger partial charge in [-0.3, -0.25) is 14.5 Å². The molecule has 0 atom stereocenters. The van der Waals surface area contributed by atoms with Crippen LogP contribution in [0.3, 0.4) is 0 Å². The van der Waals surface area contributed by atoms with E-state index < -0.39 is 15.6 Å². The molecular weight excluding hydrogens is 510 g/mol. The predicted molar refractivity (Wildman–Crippen MR) is 144 cm³/mol. The maximum atomic E-state index is 13.2. The van der Waals surface area contributed by atoms with E-state index in [0.717, 1.165) is 5.39 Å². The van der Waals surface area contributed by atoms with Crippen LogP contribution in [0.5, 0.6) is 0 Å². The van der Waals surface area contributed by atoms with Crippen molar-refractivity contribution in [3.8, 4) is 0 Å². The summed E-state index contributed by atoms with van der Waals surface area (Å²) in [7, 11) is -3.91. The summed E-state index contributed by atoms with van der Waals surface area (Å²) in [5, 5.41) is 12.4. The molecule has 0 aliphatic carbocycles. The molecule has 1 fully saturated rings. The molecule has 0 saturated carbocycles. The molecule has 190 valence electrons. The molecule has 3 aromatic carbocycles. The summed E-state index contributed by atoms with van der Waals surface area (Å²) < 4.78 is 29.0. The van der Waals surface area contributed by atoms with Crippen LogP contribution in [-0.4, -0.2) is 42.4 Å². The lowest BCUT2D eigenvalue weighted by atomic mass is 9.84. The van der Waals surface area contributed by atoms with Crippen molar-refractivity contribution < 1.29 is 18.3 Å². The molecule has 37 heavy (non-hydrogen) atoms. The summed E-state index contributed by atoms with van der Waals surface area (Å²) in [4.78, 5) is 19.2. The highest BCUT2D eigenvalue weighted by Crippen LogP contribution is 2.37. The SMILES string of the molecule is Cc1cc(C(=O)N2CCC(O)(c3ccccc3Cl)CC2)ccc1NS(=O)(=O)c1cccc2cccnc12. The van der Waals surface area contributed by atoms with E-state index in [1.807, 2.05) is 30.3 Å². The van der Waals surface area contributed by atoms with Crippen LogP contribution in [0.25, 0.3) is 10.9 Å². The van der Waals surface area contributed by atoms with Crippen molar-refractivity contribution in [2.45, 2.75) is 30.3 Å². The molecule has 0 spiro atoms. The molecule has 1 aliphatic rings. The van der Waals surface area contributed by atoms with Gasteiger partial charge in [0, 0.05) is 40.8 Å². The topological polar surface area (TPSA) is 99.6 Å². The molecule has 5 rings (SSSR count). The van der Waals surface area contributed by atoms with Gasteiger partial charge in [0.15, 0.2) is 0 Å². The third-order valence-electron chi connectivity index (χ3n) is 6.86. The number of para-hydroxylation sites is 1. The van der Waals surface area contributed by atoms with Crippen LogP contribution >= 0.6 is 11.6 Å². The van der Waals surface area contributed by atoms with E-state index in [-0.39, 0.29) is 10.8 Å². The van der Waals surface area contributed by atoms with Crippen LogP contribution in [0, 0.1) is 6.92 Å². The molecule has 0 unspecified atom stereocenters. The number of nitrogens with zero attached hydrogens (tertiary/aromatic N) is 2.